The molecule has 1 rings (SSSR count). The molecule has 13 heavy (non-hydrogen) atoms. The number of benzene rings is 1. The van der Waals surface area contributed by atoms with Crippen LogP contribution in [0.15, 0.2) is 23.1 Å². The molecule has 0 fully saturated rings. The Morgan fingerprint density at radius 2 is 2.00 bits per heavy atom. The minimum atomic E-state index is -3.42. The van der Waals surface area contributed by atoms with E-state index in [2.05, 4.69) is 0 Å². The summed E-state index contributed by atoms with van der Waals surface area (Å²) >= 11 is 0. The first-order chi connectivity index (χ1) is 5.95. The predicted molar refractivity (Wildman–Crippen MR) is 46.6 cm³/mol. The summed E-state index contributed by atoms with van der Waals surface area (Å²) in [5, 5.41) is 9.22. The molecule has 5 heteroatoms. The lowest BCUT2D eigenvalue weighted by molar-refractivity contribution is 0.112. The van der Waals surface area contributed by atoms with E-state index >= 15 is 0 Å². The van der Waals surface area contributed by atoms with E-state index in [0.29, 0.717) is 6.29 Å². The van der Waals surface area contributed by atoms with Crippen molar-refractivity contribution in [3.8, 4) is 5.75 Å². The maximum atomic E-state index is 11.0. The molecule has 0 unspecified atom stereocenters. The van der Waals surface area contributed by atoms with Crippen molar-refractivity contribution >= 4 is 16.1 Å². The summed E-state index contributed by atoms with van der Waals surface area (Å²) < 4.78 is 22.0. The number of carbonyl (C=O) groups is 1. The monoisotopic (exact) mass is 200 g/mol. The van der Waals surface area contributed by atoms with Crippen molar-refractivity contribution in [1.29, 1.82) is 0 Å². The van der Waals surface area contributed by atoms with Crippen molar-refractivity contribution in [2.45, 2.75) is 4.90 Å². The van der Waals surface area contributed by atoms with Gasteiger partial charge in [0, 0.05) is 11.8 Å². The first-order valence-corrected chi connectivity index (χ1v) is 5.32. The van der Waals surface area contributed by atoms with Gasteiger partial charge in [-0.3, -0.25) is 4.79 Å². The average Bonchev–Trinajstić information content (AvgIpc) is 2.01. The molecule has 1 aromatic carbocycles. The third-order valence-corrected chi connectivity index (χ3v) is 2.66. The van der Waals surface area contributed by atoms with Gasteiger partial charge in [0.25, 0.3) is 0 Å². The third-order valence-electron chi connectivity index (χ3n) is 1.52. The zero-order chi connectivity index (χ0) is 10.1. The second-order valence-corrected chi connectivity index (χ2v) is 4.60. The maximum absolute atomic E-state index is 11.0. The van der Waals surface area contributed by atoms with Crippen LogP contribution in [0.3, 0.4) is 0 Å². The van der Waals surface area contributed by atoms with Crippen LogP contribution < -0.4 is 0 Å². The molecule has 0 radical (unpaired) electrons. The quantitative estimate of drug-likeness (QED) is 0.710. The Morgan fingerprint density at radius 1 is 1.38 bits per heavy atom. The van der Waals surface area contributed by atoms with E-state index in [1.54, 1.807) is 0 Å². The minimum Gasteiger partial charge on any atom is -0.507 e. The minimum absolute atomic E-state index is 0.168. The molecule has 0 saturated carbocycles. The second kappa shape index (κ2) is 3.18. The zero-order valence-electron chi connectivity index (χ0n) is 6.89. The summed E-state index contributed by atoms with van der Waals surface area (Å²) in [5.41, 5.74) is 0.241. The molecule has 0 aromatic heterocycles. The van der Waals surface area contributed by atoms with Crippen LogP contribution in [-0.2, 0) is 9.84 Å². The van der Waals surface area contributed by atoms with Gasteiger partial charge in [-0.25, -0.2) is 8.42 Å². The Balaban J connectivity index is 3.37. The number of hydrogen-bond acceptors (Lipinski definition) is 4. The zero-order valence-corrected chi connectivity index (χ0v) is 7.71. The molecule has 0 aliphatic carbocycles. The molecule has 0 aliphatic rings. The second-order valence-electron chi connectivity index (χ2n) is 2.62. The smallest absolute Gasteiger partial charge is 0.179 e. The van der Waals surface area contributed by atoms with E-state index in [0.717, 1.165) is 12.3 Å². The number of rotatable bonds is 2. The lowest BCUT2D eigenvalue weighted by Gasteiger charge is -2.01. The van der Waals surface area contributed by atoms with E-state index in [-0.39, 0.29) is 10.5 Å². The van der Waals surface area contributed by atoms with Crippen molar-refractivity contribution in [2.24, 2.45) is 0 Å². The van der Waals surface area contributed by atoms with Crippen LogP contribution in [0.2, 0.25) is 0 Å². The van der Waals surface area contributed by atoms with Gasteiger partial charge in [0.1, 0.15) is 16.9 Å². The molecule has 0 heterocycles. The Morgan fingerprint density at radius 3 is 2.38 bits per heavy atom. The highest BCUT2D eigenvalue weighted by atomic mass is 32.2. The fourth-order valence-corrected chi connectivity index (χ4v) is 1.68. The molecule has 0 bridgehead atoms. The highest BCUT2D eigenvalue weighted by molar-refractivity contribution is 7.90. The molecule has 4 nitrogen and oxygen atoms in total. The summed E-state index contributed by atoms with van der Waals surface area (Å²) in [6.45, 7) is 0. The maximum Gasteiger partial charge on any atom is 0.179 e. The highest BCUT2D eigenvalue weighted by Crippen LogP contribution is 2.22. The number of aldehydes is 1. The molecule has 0 spiro atoms. The van der Waals surface area contributed by atoms with Crippen molar-refractivity contribution in [3.63, 3.8) is 0 Å². The molecule has 0 aliphatic heterocycles. The normalized spacial score (nSPS) is 11.2. The Hall–Kier alpha value is -1.36. The van der Waals surface area contributed by atoms with Gasteiger partial charge in [-0.2, -0.15) is 0 Å². The van der Waals surface area contributed by atoms with Gasteiger partial charge < -0.3 is 5.11 Å². The van der Waals surface area contributed by atoms with Gasteiger partial charge >= 0.3 is 0 Å². The molecular weight excluding hydrogens is 192 g/mol. The van der Waals surface area contributed by atoms with Gasteiger partial charge in [0.2, 0.25) is 0 Å². The number of phenolic OH excluding ortho intramolecular Hbond substituents is 1. The van der Waals surface area contributed by atoms with Crippen LogP contribution in [0.5, 0.6) is 5.75 Å². The summed E-state index contributed by atoms with van der Waals surface area (Å²) in [5.74, 6) is -0.396. The fourth-order valence-electron chi connectivity index (χ4n) is 0.921. The van der Waals surface area contributed by atoms with Crippen LogP contribution in [0, 0.1) is 0 Å². The lowest BCUT2D eigenvalue weighted by atomic mass is 10.2. The summed E-state index contributed by atoms with van der Waals surface area (Å²) in [6.07, 6.45) is 1.52. The Kier molecular flexibility index (Phi) is 2.38. The molecule has 0 amide bonds. The van der Waals surface area contributed by atoms with E-state index < -0.39 is 15.6 Å². The SMILES string of the molecule is CS(=O)(=O)c1ccc(C=O)cc1O. The highest BCUT2D eigenvalue weighted by Gasteiger charge is 2.12. The van der Waals surface area contributed by atoms with E-state index in [1.807, 2.05) is 0 Å². The van der Waals surface area contributed by atoms with Crippen LogP contribution in [0.25, 0.3) is 0 Å². The van der Waals surface area contributed by atoms with Crippen LogP contribution in [0.1, 0.15) is 10.4 Å². The predicted octanol–water partition coefficient (Wildman–Crippen LogP) is 0.608. The standard InChI is InChI=1S/C8H8O4S/c1-13(11,12)8-3-2-6(5-9)4-7(8)10/h2-5,10H,1H3. The van der Waals surface area contributed by atoms with Gasteiger partial charge in [0.05, 0.1) is 0 Å². The summed E-state index contributed by atoms with van der Waals surface area (Å²) in [7, 11) is -3.42. The first-order valence-electron chi connectivity index (χ1n) is 3.43. The summed E-state index contributed by atoms with van der Waals surface area (Å²) in [6, 6.07) is 3.65. The Bertz CT molecular complexity index is 433. The van der Waals surface area contributed by atoms with E-state index in [4.69, 9.17) is 0 Å². The molecule has 1 N–H and O–H groups in total. The fraction of sp³-hybridized carbons (Fsp3) is 0.125. The first kappa shape index (κ1) is 9.73. The van der Waals surface area contributed by atoms with Gasteiger partial charge in [-0.15, -0.1) is 0 Å². The molecule has 0 saturated heterocycles. The number of aromatic hydroxyl groups is 1. The molecule has 1 aromatic rings. The van der Waals surface area contributed by atoms with E-state index in [9.17, 15) is 18.3 Å². The van der Waals surface area contributed by atoms with Crippen LogP contribution >= 0.6 is 0 Å². The van der Waals surface area contributed by atoms with Crippen molar-refractivity contribution < 1.29 is 18.3 Å². The van der Waals surface area contributed by atoms with Crippen molar-refractivity contribution in [1.82, 2.24) is 0 Å². The topological polar surface area (TPSA) is 71.4 Å². The average molecular weight is 200 g/mol. The number of phenols is 1. The van der Waals surface area contributed by atoms with E-state index in [1.165, 1.54) is 12.1 Å². The van der Waals surface area contributed by atoms with Crippen LogP contribution in [0.4, 0.5) is 0 Å². The number of carbonyl (C=O) groups excluding carboxylic acids is 1. The lowest BCUT2D eigenvalue weighted by Crippen LogP contribution is -1.97. The van der Waals surface area contributed by atoms with Gasteiger partial charge in [-0.05, 0) is 12.1 Å². The van der Waals surface area contributed by atoms with Crippen molar-refractivity contribution in [3.05, 3.63) is 23.8 Å². The third kappa shape index (κ3) is 2.06. The van der Waals surface area contributed by atoms with Gasteiger partial charge in [-0.1, -0.05) is 6.07 Å². The Labute approximate surface area is 75.7 Å². The number of sulfone groups is 1. The van der Waals surface area contributed by atoms with Crippen LogP contribution in [-0.4, -0.2) is 26.1 Å². The van der Waals surface area contributed by atoms with Gasteiger partial charge in [0.15, 0.2) is 9.84 Å². The molecule has 0 atom stereocenters. The largest absolute Gasteiger partial charge is 0.507 e. The van der Waals surface area contributed by atoms with Crippen molar-refractivity contribution in [2.75, 3.05) is 6.26 Å². The summed E-state index contributed by atoms with van der Waals surface area (Å²) in [4.78, 5) is 10.1. The number of hydrogen-bond donors (Lipinski definition) is 1. The molecule has 70 valence electrons. The molecular formula is C8H8O4S.